The Labute approximate surface area is 113 Å². The molecule has 0 radical (unpaired) electrons. The van der Waals surface area contributed by atoms with Gasteiger partial charge < -0.3 is 5.32 Å². The number of nitrogens with zero attached hydrogens (tertiary/aromatic N) is 1. The van der Waals surface area contributed by atoms with E-state index >= 15 is 0 Å². The maximum Gasteiger partial charge on any atom is 0.184 e. The highest BCUT2D eigenvalue weighted by Gasteiger charge is 2.34. The Kier molecular flexibility index (Phi) is 4.31. The summed E-state index contributed by atoms with van der Waals surface area (Å²) in [5.74, 6) is 0.773. The van der Waals surface area contributed by atoms with Gasteiger partial charge in [0.15, 0.2) is 5.13 Å². The first kappa shape index (κ1) is 13.2. The van der Waals surface area contributed by atoms with Gasteiger partial charge in [-0.25, -0.2) is 4.98 Å². The summed E-state index contributed by atoms with van der Waals surface area (Å²) in [5.41, 5.74) is 0.492. The van der Waals surface area contributed by atoms with Crippen LogP contribution in [0.25, 0.3) is 0 Å². The molecule has 96 valence electrons. The van der Waals surface area contributed by atoms with E-state index in [1.807, 2.05) is 5.38 Å². The fraction of sp³-hybridized carbons (Fsp3) is 0.769. The molecular formula is C13H21ClN2S. The minimum Gasteiger partial charge on any atom is -0.361 e. The molecule has 2 rings (SSSR count). The van der Waals surface area contributed by atoms with Crippen molar-refractivity contribution in [1.29, 1.82) is 0 Å². The van der Waals surface area contributed by atoms with E-state index in [-0.39, 0.29) is 0 Å². The molecule has 0 unspecified atom stereocenters. The van der Waals surface area contributed by atoms with Crippen LogP contribution < -0.4 is 5.32 Å². The first-order valence-corrected chi connectivity index (χ1v) is 7.70. The third kappa shape index (κ3) is 3.59. The Bertz CT molecular complexity index is 356. The fourth-order valence-electron chi connectivity index (χ4n) is 3.04. The topological polar surface area (TPSA) is 24.9 Å². The second kappa shape index (κ2) is 5.57. The van der Waals surface area contributed by atoms with Gasteiger partial charge in [-0.1, -0.05) is 38.3 Å². The smallest absolute Gasteiger partial charge is 0.184 e. The van der Waals surface area contributed by atoms with Crippen LogP contribution in [-0.4, -0.2) is 11.5 Å². The van der Waals surface area contributed by atoms with Gasteiger partial charge in [0.05, 0.1) is 0 Å². The van der Waals surface area contributed by atoms with Crippen LogP contribution in [-0.2, 0) is 0 Å². The second-order valence-corrected chi connectivity index (χ2v) is 6.88. The molecule has 0 amide bonds. The summed E-state index contributed by atoms with van der Waals surface area (Å²) in [7, 11) is 0. The molecule has 1 aliphatic rings. The molecule has 1 N–H and O–H groups in total. The van der Waals surface area contributed by atoms with Crippen molar-refractivity contribution < 1.29 is 0 Å². The van der Waals surface area contributed by atoms with E-state index in [0.717, 1.165) is 17.6 Å². The number of nitrogens with one attached hydrogen (secondary N) is 1. The van der Waals surface area contributed by atoms with Crippen LogP contribution in [0, 0.1) is 11.3 Å². The minimum atomic E-state index is 0.492. The van der Waals surface area contributed by atoms with Crippen molar-refractivity contribution in [1.82, 2.24) is 4.98 Å². The van der Waals surface area contributed by atoms with Crippen LogP contribution in [0.3, 0.4) is 0 Å². The molecule has 0 aliphatic heterocycles. The number of hydrogen-bond acceptors (Lipinski definition) is 3. The number of rotatable bonds is 5. The largest absolute Gasteiger partial charge is 0.361 e. The molecule has 0 aromatic carbocycles. The Morgan fingerprint density at radius 1 is 1.47 bits per heavy atom. The first-order chi connectivity index (χ1) is 8.10. The third-order valence-electron chi connectivity index (χ3n) is 3.60. The van der Waals surface area contributed by atoms with Gasteiger partial charge in [0.25, 0.3) is 0 Å². The van der Waals surface area contributed by atoms with Crippen molar-refractivity contribution in [2.75, 3.05) is 11.9 Å². The number of hydrogen-bond donors (Lipinski definition) is 1. The molecule has 17 heavy (non-hydrogen) atoms. The van der Waals surface area contributed by atoms with Crippen molar-refractivity contribution in [2.45, 2.75) is 46.0 Å². The van der Waals surface area contributed by atoms with E-state index in [1.165, 1.54) is 32.1 Å². The lowest BCUT2D eigenvalue weighted by molar-refractivity contribution is 0.252. The van der Waals surface area contributed by atoms with E-state index < -0.39 is 0 Å². The van der Waals surface area contributed by atoms with Crippen LogP contribution in [0.1, 0.15) is 46.0 Å². The average Bonchev–Trinajstić information content (AvgIpc) is 2.85. The van der Waals surface area contributed by atoms with Gasteiger partial charge in [0.1, 0.15) is 5.15 Å². The molecule has 0 spiro atoms. The number of thiazole rings is 1. The molecule has 1 aromatic rings. The van der Waals surface area contributed by atoms with Gasteiger partial charge in [0, 0.05) is 11.9 Å². The van der Waals surface area contributed by atoms with Crippen LogP contribution in [0.15, 0.2) is 5.38 Å². The Morgan fingerprint density at radius 2 is 2.18 bits per heavy atom. The molecule has 0 saturated heterocycles. The molecule has 2 nitrogen and oxygen atoms in total. The Hall–Kier alpha value is -0.280. The summed E-state index contributed by atoms with van der Waals surface area (Å²) in [6, 6.07) is 0. The first-order valence-electron chi connectivity index (χ1n) is 6.45. The van der Waals surface area contributed by atoms with Crippen LogP contribution >= 0.6 is 22.9 Å². The molecular weight excluding hydrogens is 252 g/mol. The predicted molar refractivity (Wildman–Crippen MR) is 76.0 cm³/mol. The number of aromatic nitrogens is 1. The van der Waals surface area contributed by atoms with E-state index in [4.69, 9.17) is 11.6 Å². The molecule has 0 atom stereocenters. The monoisotopic (exact) mass is 272 g/mol. The number of halogens is 1. The van der Waals surface area contributed by atoms with Gasteiger partial charge >= 0.3 is 0 Å². The maximum absolute atomic E-state index is 5.83. The van der Waals surface area contributed by atoms with Gasteiger partial charge in [-0.3, -0.25) is 0 Å². The summed E-state index contributed by atoms with van der Waals surface area (Å²) >= 11 is 7.43. The van der Waals surface area contributed by atoms with Crippen molar-refractivity contribution in [2.24, 2.45) is 11.3 Å². The van der Waals surface area contributed by atoms with Gasteiger partial charge in [-0.05, 0) is 30.6 Å². The Balaban J connectivity index is 1.94. The zero-order valence-corrected chi connectivity index (χ0v) is 12.2. The second-order valence-electron chi connectivity index (χ2n) is 5.63. The molecule has 1 fully saturated rings. The normalized spacial score (nSPS) is 18.8. The van der Waals surface area contributed by atoms with Gasteiger partial charge in [-0.2, -0.15) is 0 Å². The summed E-state index contributed by atoms with van der Waals surface area (Å²) in [4.78, 5) is 4.25. The van der Waals surface area contributed by atoms with E-state index in [0.29, 0.717) is 10.6 Å². The predicted octanol–water partition coefficient (Wildman–Crippen LogP) is 4.81. The lowest BCUT2D eigenvalue weighted by atomic mass is 9.78. The zero-order chi connectivity index (χ0) is 12.3. The number of anilines is 1. The van der Waals surface area contributed by atoms with Gasteiger partial charge in [0.2, 0.25) is 0 Å². The molecule has 1 aliphatic carbocycles. The molecule has 1 saturated carbocycles. The van der Waals surface area contributed by atoms with Gasteiger partial charge in [-0.15, -0.1) is 11.3 Å². The van der Waals surface area contributed by atoms with Crippen molar-refractivity contribution >= 4 is 28.1 Å². The fourth-order valence-corrected chi connectivity index (χ4v) is 3.88. The molecule has 1 heterocycles. The van der Waals surface area contributed by atoms with Crippen molar-refractivity contribution in [3.05, 3.63) is 10.5 Å². The Morgan fingerprint density at radius 3 is 2.71 bits per heavy atom. The standard InChI is InChI=1S/C13H21ClN2S/c1-10(2)7-13(5-3-4-6-13)9-15-12-16-11(14)8-17-12/h8,10H,3-7,9H2,1-2H3,(H,15,16). The highest BCUT2D eigenvalue weighted by molar-refractivity contribution is 7.14. The third-order valence-corrected chi connectivity index (χ3v) is 4.72. The van der Waals surface area contributed by atoms with Crippen molar-refractivity contribution in [3.8, 4) is 0 Å². The SMILES string of the molecule is CC(C)CC1(CNc2nc(Cl)cs2)CCCC1. The maximum atomic E-state index is 5.83. The summed E-state index contributed by atoms with van der Waals surface area (Å²) in [6.07, 6.45) is 6.80. The van der Waals surface area contributed by atoms with E-state index in [2.05, 4.69) is 24.1 Å². The lowest BCUT2D eigenvalue weighted by Crippen LogP contribution is -2.28. The molecule has 0 bridgehead atoms. The lowest BCUT2D eigenvalue weighted by Gasteiger charge is -2.31. The highest BCUT2D eigenvalue weighted by atomic mass is 35.5. The van der Waals surface area contributed by atoms with E-state index in [1.54, 1.807) is 11.3 Å². The highest BCUT2D eigenvalue weighted by Crippen LogP contribution is 2.43. The quantitative estimate of drug-likeness (QED) is 0.832. The van der Waals surface area contributed by atoms with Crippen LogP contribution in [0.2, 0.25) is 5.15 Å². The summed E-state index contributed by atoms with van der Waals surface area (Å²) in [6.45, 7) is 5.69. The minimum absolute atomic E-state index is 0.492. The average molecular weight is 273 g/mol. The molecule has 1 aromatic heterocycles. The zero-order valence-electron chi connectivity index (χ0n) is 10.6. The summed E-state index contributed by atoms with van der Waals surface area (Å²) < 4.78 is 0. The van der Waals surface area contributed by atoms with Crippen molar-refractivity contribution in [3.63, 3.8) is 0 Å². The van der Waals surface area contributed by atoms with E-state index in [9.17, 15) is 0 Å². The summed E-state index contributed by atoms with van der Waals surface area (Å²) in [5, 5.41) is 6.92. The molecule has 4 heteroatoms. The van der Waals surface area contributed by atoms with Crippen LogP contribution in [0.4, 0.5) is 5.13 Å². The van der Waals surface area contributed by atoms with Crippen LogP contribution in [0.5, 0.6) is 0 Å².